The van der Waals surface area contributed by atoms with Gasteiger partial charge in [-0.3, -0.25) is 0 Å². The molecule has 4 bridgehead atoms. The minimum absolute atomic E-state index is 0.0138. The largest absolute Gasteiger partial charge is 0.476 e. The van der Waals surface area contributed by atoms with E-state index in [0.29, 0.717) is 24.7 Å². The quantitative estimate of drug-likeness (QED) is 0.545. The predicted octanol–water partition coefficient (Wildman–Crippen LogP) is 4.85. The minimum Gasteiger partial charge on any atom is -0.476 e. The number of hydrogen-bond acceptors (Lipinski definition) is 6. The second-order valence-corrected chi connectivity index (χ2v) is 11.8. The van der Waals surface area contributed by atoms with Crippen molar-refractivity contribution >= 4 is 16.0 Å². The summed E-state index contributed by atoms with van der Waals surface area (Å²) in [4.78, 5) is 9.13. The van der Waals surface area contributed by atoms with Crippen LogP contribution in [0.15, 0.2) is 53.4 Å². The Morgan fingerprint density at radius 2 is 1.74 bits per heavy atom. The van der Waals surface area contributed by atoms with Crippen molar-refractivity contribution in [2.45, 2.75) is 58.5 Å². The van der Waals surface area contributed by atoms with Gasteiger partial charge in [0.25, 0.3) is 10.0 Å². The van der Waals surface area contributed by atoms with Gasteiger partial charge in [0, 0.05) is 24.2 Å². The molecule has 0 radical (unpaired) electrons. The van der Waals surface area contributed by atoms with Crippen LogP contribution >= 0.6 is 0 Å². The zero-order chi connectivity index (χ0) is 24.5. The van der Waals surface area contributed by atoms with Gasteiger partial charge in [0.1, 0.15) is 6.61 Å². The van der Waals surface area contributed by atoms with E-state index in [9.17, 15) is 8.42 Å². The van der Waals surface area contributed by atoms with Gasteiger partial charge in [-0.15, -0.1) is 0 Å². The highest BCUT2D eigenvalue weighted by molar-refractivity contribution is 7.92. The van der Waals surface area contributed by atoms with E-state index >= 15 is 0 Å². The topological polar surface area (TPSA) is 93.2 Å². The van der Waals surface area contributed by atoms with Crippen molar-refractivity contribution < 1.29 is 13.2 Å². The zero-order valence-electron chi connectivity index (χ0n) is 20.3. The van der Waals surface area contributed by atoms with Crippen LogP contribution in [-0.2, 0) is 16.6 Å². The summed E-state index contributed by atoms with van der Waals surface area (Å²) in [7, 11) is -3.88. The monoisotopic (exact) mass is 480 g/mol. The molecule has 0 saturated heterocycles. The number of benzene rings is 2. The normalized spacial score (nSPS) is 18.0. The lowest BCUT2D eigenvalue weighted by Gasteiger charge is -2.27. The van der Waals surface area contributed by atoms with Crippen LogP contribution in [0.5, 0.6) is 5.88 Å². The highest BCUT2D eigenvalue weighted by atomic mass is 32.2. The fourth-order valence-electron chi connectivity index (χ4n) is 4.27. The predicted molar refractivity (Wildman–Crippen MR) is 134 cm³/mol. The first-order valence-corrected chi connectivity index (χ1v) is 12.9. The Hall–Kier alpha value is -2.97. The van der Waals surface area contributed by atoms with Crippen molar-refractivity contribution in [2.24, 2.45) is 5.41 Å². The number of anilines is 1. The average Bonchev–Trinajstić information content (AvgIpc) is 2.74. The number of nitrogens with one attached hydrogen (secondary N) is 2. The van der Waals surface area contributed by atoms with Gasteiger partial charge in [0.05, 0.1) is 10.6 Å². The summed E-state index contributed by atoms with van der Waals surface area (Å²) in [5.74, 6) is 0.317. The molecule has 0 aliphatic carbocycles. The van der Waals surface area contributed by atoms with Gasteiger partial charge in [0.15, 0.2) is 0 Å². The summed E-state index contributed by atoms with van der Waals surface area (Å²) in [6.45, 7) is 11.5. The van der Waals surface area contributed by atoms with E-state index in [1.165, 1.54) is 0 Å². The fourth-order valence-corrected chi connectivity index (χ4v) is 5.28. The summed E-state index contributed by atoms with van der Waals surface area (Å²) < 4.78 is 35.0. The number of nitrogens with zero attached hydrogens (tertiary/aromatic N) is 2. The van der Waals surface area contributed by atoms with Crippen LogP contribution in [0.2, 0.25) is 0 Å². The third kappa shape index (κ3) is 5.74. The molecule has 0 amide bonds. The molecule has 7 nitrogen and oxygen atoms in total. The molecule has 2 heterocycles. The summed E-state index contributed by atoms with van der Waals surface area (Å²) in [6, 6.07) is 14.7. The van der Waals surface area contributed by atoms with E-state index < -0.39 is 10.0 Å². The van der Waals surface area contributed by atoms with Crippen molar-refractivity contribution in [3.05, 3.63) is 65.2 Å². The van der Waals surface area contributed by atoms with Crippen LogP contribution in [0.4, 0.5) is 5.95 Å². The molecule has 0 saturated carbocycles. The number of ether oxygens (including phenoxy) is 1. The first-order valence-electron chi connectivity index (χ1n) is 11.4. The van der Waals surface area contributed by atoms with Gasteiger partial charge >= 0.3 is 0 Å². The molecule has 8 heteroatoms. The standard InChI is InChI=1S/C26H32N4O3S/c1-17-8-6-9-18(2)24(17)22-13-23-29-25(28-22)30-34(31,32)21-11-7-10-19(12-21)15-27-20(16-33-23)14-26(3,4)5/h6-13,20,27H,14-16H2,1-5H3,(H,28,29,30)/t20-/m1/s1. The number of aromatic nitrogens is 2. The maximum atomic E-state index is 13.2. The summed E-state index contributed by atoms with van der Waals surface area (Å²) >= 11 is 0. The van der Waals surface area contributed by atoms with Crippen LogP contribution in [0.25, 0.3) is 11.3 Å². The Morgan fingerprint density at radius 1 is 1.03 bits per heavy atom. The molecule has 3 aromatic rings. The molecule has 0 spiro atoms. The number of sulfonamides is 1. The van der Waals surface area contributed by atoms with Gasteiger partial charge in [-0.05, 0) is 54.5 Å². The highest BCUT2D eigenvalue weighted by Gasteiger charge is 2.23. The molecule has 4 rings (SSSR count). The van der Waals surface area contributed by atoms with Gasteiger partial charge in [0.2, 0.25) is 11.8 Å². The fraction of sp³-hybridized carbons (Fsp3) is 0.385. The van der Waals surface area contributed by atoms with E-state index in [4.69, 9.17) is 4.74 Å². The van der Waals surface area contributed by atoms with Crippen LogP contribution in [0.1, 0.15) is 43.9 Å². The van der Waals surface area contributed by atoms with Crippen molar-refractivity contribution in [3.8, 4) is 17.1 Å². The van der Waals surface area contributed by atoms with Crippen LogP contribution in [-0.4, -0.2) is 31.0 Å². The highest BCUT2D eigenvalue weighted by Crippen LogP contribution is 2.30. The third-order valence-electron chi connectivity index (χ3n) is 5.76. The maximum Gasteiger partial charge on any atom is 0.264 e. The van der Waals surface area contributed by atoms with Gasteiger partial charge in [-0.1, -0.05) is 51.1 Å². The molecule has 1 aromatic heterocycles. The van der Waals surface area contributed by atoms with E-state index in [2.05, 4.69) is 40.8 Å². The minimum atomic E-state index is -3.88. The smallest absolute Gasteiger partial charge is 0.264 e. The molecule has 2 N–H and O–H groups in total. The van der Waals surface area contributed by atoms with Crippen molar-refractivity contribution in [3.63, 3.8) is 0 Å². The second-order valence-electron chi connectivity index (χ2n) is 10.1. The van der Waals surface area contributed by atoms with Gasteiger partial charge in [-0.25, -0.2) is 18.1 Å². The number of aryl methyl sites for hydroxylation is 2. The van der Waals surface area contributed by atoms with E-state index in [1.807, 2.05) is 38.1 Å². The van der Waals surface area contributed by atoms with Crippen LogP contribution in [0, 0.1) is 19.3 Å². The van der Waals surface area contributed by atoms with E-state index in [1.54, 1.807) is 24.3 Å². The van der Waals surface area contributed by atoms with Crippen molar-refractivity contribution in [2.75, 3.05) is 11.3 Å². The molecule has 2 aromatic carbocycles. The van der Waals surface area contributed by atoms with Crippen molar-refractivity contribution in [1.29, 1.82) is 0 Å². The Balaban J connectivity index is 1.82. The molecular weight excluding hydrogens is 448 g/mol. The lowest BCUT2D eigenvalue weighted by Crippen LogP contribution is -2.37. The molecule has 1 aliphatic rings. The van der Waals surface area contributed by atoms with E-state index in [-0.39, 0.29) is 22.3 Å². The summed E-state index contributed by atoms with van der Waals surface area (Å²) in [5, 5.41) is 3.54. The van der Waals surface area contributed by atoms with Crippen molar-refractivity contribution in [1.82, 2.24) is 15.3 Å². The number of rotatable bonds is 2. The third-order valence-corrected chi connectivity index (χ3v) is 7.09. The van der Waals surface area contributed by atoms with Gasteiger partial charge < -0.3 is 10.1 Å². The Labute approximate surface area is 202 Å². The first-order chi connectivity index (χ1) is 16.0. The summed E-state index contributed by atoms with van der Waals surface area (Å²) in [6.07, 6.45) is 0.880. The zero-order valence-corrected chi connectivity index (χ0v) is 21.2. The second kappa shape index (κ2) is 9.35. The molecule has 34 heavy (non-hydrogen) atoms. The van der Waals surface area contributed by atoms with E-state index in [0.717, 1.165) is 28.7 Å². The summed E-state index contributed by atoms with van der Waals surface area (Å²) in [5.41, 5.74) is 4.59. The molecule has 1 atom stereocenters. The lowest BCUT2D eigenvalue weighted by atomic mass is 9.88. The van der Waals surface area contributed by atoms with Crippen LogP contribution < -0.4 is 14.8 Å². The first kappa shape index (κ1) is 24.2. The molecule has 1 aliphatic heterocycles. The van der Waals surface area contributed by atoms with Crippen LogP contribution in [0.3, 0.4) is 0 Å². The number of fused-ring (bicyclic) bond motifs is 4. The Kier molecular flexibility index (Phi) is 6.64. The number of hydrogen-bond donors (Lipinski definition) is 2. The lowest BCUT2D eigenvalue weighted by molar-refractivity contribution is 0.208. The average molecular weight is 481 g/mol. The Bertz CT molecular complexity index is 1280. The Morgan fingerprint density at radius 3 is 2.44 bits per heavy atom. The molecular formula is C26H32N4O3S. The SMILES string of the molecule is Cc1cccc(C)c1-c1cc2nc(n1)NS(=O)(=O)c1cccc(c1)CN[C@H](CC(C)(C)C)CO2. The maximum absolute atomic E-state index is 13.2. The molecule has 180 valence electrons. The molecule has 0 unspecified atom stereocenters. The van der Waals surface area contributed by atoms with Gasteiger partial charge in [-0.2, -0.15) is 4.98 Å². The molecule has 0 fully saturated rings.